The molecule has 0 spiro atoms. The van der Waals surface area contributed by atoms with Crippen LogP contribution in [-0.2, 0) is 9.59 Å². The summed E-state index contributed by atoms with van der Waals surface area (Å²) < 4.78 is 5.50. The van der Waals surface area contributed by atoms with E-state index in [-0.39, 0.29) is 67.6 Å². The van der Waals surface area contributed by atoms with Crippen molar-refractivity contribution in [3.63, 3.8) is 0 Å². The number of carbonyl (C=O) groups excluding carboxylic acids is 4. The molecule has 3 amide bonds. The molecule has 38 heavy (non-hydrogen) atoms. The number of benzene rings is 3. The Morgan fingerprint density at radius 1 is 0.842 bits per heavy atom. The molecule has 0 N–H and O–H groups in total. The van der Waals surface area contributed by atoms with E-state index in [1.54, 1.807) is 4.90 Å². The largest absolute Gasteiger partial charge is 0.426 e. The number of amides is 3. The zero-order valence-electron chi connectivity index (χ0n) is 19.7. The number of imide groups is 1. The lowest BCUT2D eigenvalue weighted by molar-refractivity contribution is -0.139. The predicted octanol–water partition coefficient (Wildman–Crippen LogP) is 6.62. The maximum atomic E-state index is 13.0. The van der Waals surface area contributed by atoms with Gasteiger partial charge in [0.05, 0.1) is 48.9 Å². The highest BCUT2D eigenvalue weighted by atomic mass is 35.5. The third-order valence-corrected chi connectivity index (χ3v) is 8.46. The van der Waals surface area contributed by atoms with E-state index in [1.807, 2.05) is 37.3 Å². The number of rotatable bonds is 5. The van der Waals surface area contributed by atoms with Gasteiger partial charge in [0.1, 0.15) is 5.75 Å². The molecule has 7 nitrogen and oxygen atoms in total. The minimum Gasteiger partial charge on any atom is -0.426 e. The number of likely N-dealkylation sites (tertiary alicyclic amines) is 1. The van der Waals surface area contributed by atoms with Gasteiger partial charge < -0.3 is 9.64 Å². The molecule has 1 fully saturated rings. The fourth-order valence-corrected chi connectivity index (χ4v) is 5.64. The summed E-state index contributed by atoms with van der Waals surface area (Å²) in [6, 6.07) is 15.2. The van der Waals surface area contributed by atoms with Crippen LogP contribution in [-0.4, -0.2) is 35.1 Å². The van der Waals surface area contributed by atoms with Crippen molar-refractivity contribution in [2.45, 2.75) is 19.4 Å². The molecular weight excluding hydrogens is 574 g/mol. The Bertz CT molecular complexity index is 1450. The lowest BCUT2D eigenvalue weighted by Gasteiger charge is -2.25. The minimum atomic E-state index is -0.711. The second-order valence-corrected chi connectivity index (χ2v) is 10.4. The highest BCUT2D eigenvalue weighted by molar-refractivity contribution is 6.56. The van der Waals surface area contributed by atoms with Crippen molar-refractivity contribution in [1.29, 1.82) is 0 Å². The second kappa shape index (κ2) is 10.2. The van der Waals surface area contributed by atoms with Gasteiger partial charge in [-0.25, -0.2) is 4.90 Å². The number of fused-ring (bicyclic) bond motifs is 1. The fraction of sp³-hybridized carbons (Fsp3) is 0.185. The lowest BCUT2D eigenvalue weighted by atomic mass is 10.1. The molecule has 0 radical (unpaired) electrons. The Balaban J connectivity index is 1.29. The number of hydrogen-bond acceptors (Lipinski definition) is 5. The molecule has 0 saturated carbocycles. The molecule has 3 aromatic rings. The first kappa shape index (κ1) is 26.5. The van der Waals surface area contributed by atoms with Gasteiger partial charge in [0, 0.05) is 13.0 Å². The first-order valence-electron chi connectivity index (χ1n) is 11.5. The number of carbonyl (C=O) groups is 4. The van der Waals surface area contributed by atoms with E-state index in [4.69, 9.17) is 51.1 Å². The summed E-state index contributed by atoms with van der Waals surface area (Å²) in [4.78, 5) is 54.1. The first-order chi connectivity index (χ1) is 18.1. The fourth-order valence-electron chi connectivity index (χ4n) is 4.62. The van der Waals surface area contributed by atoms with Crippen molar-refractivity contribution < 1.29 is 23.9 Å². The summed E-state index contributed by atoms with van der Waals surface area (Å²) in [6.07, 6.45) is 0.0514. The van der Waals surface area contributed by atoms with E-state index in [0.29, 0.717) is 0 Å². The average molecular weight is 592 g/mol. The van der Waals surface area contributed by atoms with Crippen LogP contribution in [0.15, 0.2) is 54.6 Å². The smallest absolute Gasteiger partial charge is 0.316 e. The quantitative estimate of drug-likeness (QED) is 0.109. The van der Waals surface area contributed by atoms with E-state index < -0.39 is 23.7 Å². The van der Waals surface area contributed by atoms with Gasteiger partial charge in [-0.15, -0.1) is 0 Å². The Hall–Kier alpha value is -3.10. The first-order valence-corrected chi connectivity index (χ1v) is 13.0. The summed E-state index contributed by atoms with van der Waals surface area (Å²) in [5.74, 6) is -2.52. The Kier molecular flexibility index (Phi) is 7.13. The maximum absolute atomic E-state index is 13.0. The van der Waals surface area contributed by atoms with Gasteiger partial charge in [-0.1, -0.05) is 76.7 Å². The summed E-state index contributed by atoms with van der Waals surface area (Å²) in [6.45, 7) is 2.16. The van der Waals surface area contributed by atoms with E-state index in [1.165, 1.54) is 24.3 Å². The van der Waals surface area contributed by atoms with Gasteiger partial charge in [-0.3, -0.25) is 19.2 Å². The summed E-state index contributed by atoms with van der Waals surface area (Å²) in [5, 5.41) is -0.567. The van der Waals surface area contributed by atoms with Crippen LogP contribution in [0.1, 0.15) is 45.7 Å². The van der Waals surface area contributed by atoms with Gasteiger partial charge in [0.15, 0.2) is 0 Å². The Morgan fingerprint density at radius 3 is 1.95 bits per heavy atom. The molecular formula is C27H18Cl4N2O5. The van der Waals surface area contributed by atoms with Crippen LogP contribution >= 0.6 is 46.4 Å². The van der Waals surface area contributed by atoms with Crippen molar-refractivity contribution >= 4 is 75.8 Å². The predicted molar refractivity (Wildman–Crippen MR) is 144 cm³/mol. The van der Waals surface area contributed by atoms with E-state index in [0.717, 1.165) is 10.5 Å². The number of halogens is 4. The van der Waals surface area contributed by atoms with Crippen LogP contribution in [0.5, 0.6) is 5.75 Å². The molecule has 3 aromatic carbocycles. The van der Waals surface area contributed by atoms with Crippen molar-refractivity contribution in [3.05, 3.63) is 91.4 Å². The normalized spacial score (nSPS) is 17.7. The van der Waals surface area contributed by atoms with Crippen LogP contribution in [0, 0.1) is 5.92 Å². The third kappa shape index (κ3) is 4.43. The highest BCUT2D eigenvalue weighted by Crippen LogP contribution is 2.45. The van der Waals surface area contributed by atoms with Crippen molar-refractivity contribution in [3.8, 4) is 5.75 Å². The number of nitrogens with zero attached hydrogens (tertiary/aromatic N) is 2. The Morgan fingerprint density at radius 2 is 1.39 bits per heavy atom. The molecule has 5 rings (SSSR count). The maximum Gasteiger partial charge on any atom is 0.316 e. The number of anilines is 1. The molecule has 11 heteroatoms. The monoisotopic (exact) mass is 590 g/mol. The third-order valence-electron chi connectivity index (χ3n) is 6.66. The number of esters is 1. The van der Waals surface area contributed by atoms with Crippen LogP contribution in [0.3, 0.4) is 0 Å². The molecule has 2 aliphatic heterocycles. The van der Waals surface area contributed by atoms with E-state index >= 15 is 0 Å². The van der Waals surface area contributed by atoms with Gasteiger partial charge >= 0.3 is 5.97 Å². The molecule has 0 aromatic heterocycles. The lowest BCUT2D eigenvalue weighted by Crippen LogP contribution is -2.30. The van der Waals surface area contributed by atoms with Gasteiger partial charge in [-0.2, -0.15) is 0 Å². The molecule has 2 aliphatic rings. The molecule has 0 unspecified atom stereocenters. The van der Waals surface area contributed by atoms with Crippen molar-refractivity contribution in [1.82, 2.24) is 4.90 Å². The van der Waals surface area contributed by atoms with Crippen molar-refractivity contribution in [2.24, 2.45) is 5.92 Å². The topological polar surface area (TPSA) is 84.0 Å². The molecule has 194 valence electrons. The Labute approximate surface area is 237 Å². The molecule has 0 bridgehead atoms. The molecule has 2 heterocycles. The van der Waals surface area contributed by atoms with Crippen LogP contribution in [0.25, 0.3) is 0 Å². The van der Waals surface area contributed by atoms with Gasteiger partial charge in [-0.05, 0) is 36.8 Å². The van der Waals surface area contributed by atoms with Crippen LogP contribution < -0.4 is 9.64 Å². The SMILES string of the molecule is C[C@@H](c1ccccc1)N1C[C@@H](C(=O)Oc2ccc(N3C(=O)c4c(Cl)c(Cl)c(Cl)c(Cl)c4C3=O)cc2)CC1=O. The molecule has 0 aliphatic carbocycles. The van der Waals surface area contributed by atoms with Crippen LogP contribution in [0.2, 0.25) is 20.1 Å². The summed E-state index contributed by atoms with van der Waals surface area (Å²) in [5.41, 5.74) is 0.915. The zero-order chi connectivity index (χ0) is 27.3. The van der Waals surface area contributed by atoms with E-state index in [2.05, 4.69) is 0 Å². The van der Waals surface area contributed by atoms with Gasteiger partial charge in [0.2, 0.25) is 5.91 Å². The van der Waals surface area contributed by atoms with Gasteiger partial charge in [0.25, 0.3) is 11.8 Å². The minimum absolute atomic E-state index is 0.0514. The summed E-state index contributed by atoms with van der Waals surface area (Å²) in [7, 11) is 0. The molecule has 1 saturated heterocycles. The number of hydrogen-bond donors (Lipinski definition) is 0. The standard InChI is InChI=1S/C27H18Cl4N2O5/c1-13(14-5-3-2-4-6-14)32-12-15(11-18(32)34)27(37)38-17-9-7-16(8-10-17)33-25(35)19-20(26(33)36)22(29)24(31)23(30)21(19)28/h2-10,13,15H,11-12H2,1H3/t13-,15-/m0/s1. The van der Waals surface area contributed by atoms with Crippen molar-refractivity contribution in [2.75, 3.05) is 11.4 Å². The molecule has 2 atom stereocenters. The number of ether oxygens (including phenoxy) is 1. The second-order valence-electron chi connectivity index (χ2n) is 8.90. The zero-order valence-corrected chi connectivity index (χ0v) is 22.7. The van der Waals surface area contributed by atoms with E-state index in [9.17, 15) is 19.2 Å². The van der Waals surface area contributed by atoms with Crippen LogP contribution in [0.4, 0.5) is 5.69 Å². The highest BCUT2D eigenvalue weighted by Gasteiger charge is 2.42. The summed E-state index contributed by atoms with van der Waals surface area (Å²) >= 11 is 24.5. The average Bonchev–Trinajstić information content (AvgIpc) is 3.43.